The van der Waals surface area contributed by atoms with E-state index in [9.17, 15) is 0 Å². The molecule has 3 rings (SSSR count). The number of aromatic nitrogens is 2. The first-order valence-corrected chi connectivity index (χ1v) is 8.77. The summed E-state index contributed by atoms with van der Waals surface area (Å²) in [6.45, 7) is 5.30. The second-order valence-electron chi connectivity index (χ2n) is 6.00. The van der Waals surface area contributed by atoms with E-state index in [1.54, 1.807) is 19.2 Å². The molecule has 1 aromatic heterocycles. The van der Waals surface area contributed by atoms with Crippen molar-refractivity contribution in [3.8, 4) is 23.0 Å². The van der Waals surface area contributed by atoms with Crippen molar-refractivity contribution >= 4 is 24.0 Å². The zero-order chi connectivity index (χ0) is 17.8. The van der Waals surface area contributed by atoms with Gasteiger partial charge in [0.2, 0.25) is 0 Å². The summed E-state index contributed by atoms with van der Waals surface area (Å²) in [7, 11) is 3.64. The van der Waals surface area contributed by atoms with Gasteiger partial charge in [0.05, 0.1) is 24.8 Å². The fourth-order valence-electron chi connectivity index (χ4n) is 2.77. The topological polar surface area (TPSA) is 72.7 Å². The van der Waals surface area contributed by atoms with Crippen LogP contribution >= 0.6 is 24.0 Å². The molecule has 1 aliphatic rings. The molecule has 7 nitrogen and oxygen atoms in total. The molecule has 9 heteroatoms. The molecule has 1 unspecified atom stereocenters. The summed E-state index contributed by atoms with van der Waals surface area (Å²) in [6, 6.07) is 3.66. The average molecular weight is 403 g/mol. The SMILES string of the molecule is CCCOc1c(Cl)cc(-c2nc(C3CNCCN3C)no2)cc1OC.Cl. The van der Waals surface area contributed by atoms with Crippen LogP contribution in [0, 0.1) is 0 Å². The minimum absolute atomic E-state index is 0. The lowest BCUT2D eigenvalue weighted by atomic mass is 10.2. The van der Waals surface area contributed by atoms with E-state index < -0.39 is 0 Å². The molecule has 1 atom stereocenters. The number of piperazine rings is 1. The van der Waals surface area contributed by atoms with Crippen molar-refractivity contribution in [2.24, 2.45) is 0 Å². The van der Waals surface area contributed by atoms with Gasteiger partial charge in [-0.2, -0.15) is 4.98 Å². The van der Waals surface area contributed by atoms with Crippen molar-refractivity contribution < 1.29 is 14.0 Å². The van der Waals surface area contributed by atoms with Crippen molar-refractivity contribution in [2.45, 2.75) is 19.4 Å². The third kappa shape index (κ3) is 4.40. The molecule has 0 aliphatic carbocycles. The maximum Gasteiger partial charge on any atom is 0.258 e. The maximum atomic E-state index is 6.36. The first-order valence-electron chi connectivity index (χ1n) is 8.39. The molecule has 0 amide bonds. The number of ether oxygens (including phenoxy) is 2. The Kier molecular flexibility index (Phi) is 7.52. The lowest BCUT2D eigenvalue weighted by Gasteiger charge is -2.30. The number of halogens is 2. The Morgan fingerprint density at radius 1 is 1.42 bits per heavy atom. The summed E-state index contributed by atoms with van der Waals surface area (Å²) in [5.41, 5.74) is 0.705. The van der Waals surface area contributed by atoms with E-state index in [-0.39, 0.29) is 18.4 Å². The van der Waals surface area contributed by atoms with Gasteiger partial charge >= 0.3 is 0 Å². The number of benzene rings is 1. The molecule has 1 saturated heterocycles. The molecule has 0 radical (unpaired) electrons. The van der Waals surface area contributed by atoms with Crippen LogP contribution in [0.15, 0.2) is 16.7 Å². The van der Waals surface area contributed by atoms with Gasteiger partial charge in [0.1, 0.15) is 0 Å². The van der Waals surface area contributed by atoms with Gasteiger partial charge in [-0.1, -0.05) is 23.7 Å². The third-order valence-electron chi connectivity index (χ3n) is 4.18. The highest BCUT2D eigenvalue weighted by atomic mass is 35.5. The summed E-state index contributed by atoms with van der Waals surface area (Å²) in [4.78, 5) is 6.76. The smallest absolute Gasteiger partial charge is 0.258 e. The average Bonchev–Trinajstić information content (AvgIpc) is 3.10. The van der Waals surface area contributed by atoms with Crippen LogP contribution in [0.5, 0.6) is 11.5 Å². The monoisotopic (exact) mass is 402 g/mol. The Morgan fingerprint density at radius 2 is 2.23 bits per heavy atom. The molecule has 1 aromatic carbocycles. The van der Waals surface area contributed by atoms with E-state index in [4.69, 9.17) is 25.6 Å². The summed E-state index contributed by atoms with van der Waals surface area (Å²) in [6.07, 6.45) is 0.886. The molecular formula is C17H24Cl2N4O3. The van der Waals surface area contributed by atoms with Gasteiger partial charge in [-0.05, 0) is 25.6 Å². The summed E-state index contributed by atoms with van der Waals surface area (Å²) in [5, 5.41) is 7.94. The highest BCUT2D eigenvalue weighted by molar-refractivity contribution is 6.32. The molecule has 1 N–H and O–H groups in total. The molecule has 2 aromatic rings. The molecule has 0 spiro atoms. The van der Waals surface area contributed by atoms with Crippen LogP contribution < -0.4 is 14.8 Å². The zero-order valence-electron chi connectivity index (χ0n) is 15.1. The Balaban J connectivity index is 0.00000243. The fraction of sp³-hybridized carbons (Fsp3) is 0.529. The predicted molar refractivity (Wildman–Crippen MR) is 103 cm³/mol. The van der Waals surface area contributed by atoms with E-state index in [0.29, 0.717) is 40.4 Å². The number of hydrogen-bond donors (Lipinski definition) is 1. The molecule has 1 fully saturated rings. The fourth-order valence-corrected chi connectivity index (χ4v) is 3.03. The third-order valence-corrected chi connectivity index (χ3v) is 4.46. The van der Waals surface area contributed by atoms with E-state index in [0.717, 1.165) is 26.1 Å². The van der Waals surface area contributed by atoms with Gasteiger partial charge in [0.25, 0.3) is 5.89 Å². The minimum Gasteiger partial charge on any atom is -0.493 e. The first kappa shape index (κ1) is 20.8. The standard InChI is InChI=1S/C17H23ClN4O3.ClH/c1-4-7-24-15-12(18)8-11(9-14(15)23-3)17-20-16(21-25-17)13-10-19-5-6-22(13)2;/h8-9,13,19H,4-7,10H2,1-3H3;1H. The van der Waals surface area contributed by atoms with Crippen LogP contribution in [0.4, 0.5) is 0 Å². The molecule has 0 saturated carbocycles. The lowest BCUT2D eigenvalue weighted by molar-refractivity contribution is 0.190. The molecule has 26 heavy (non-hydrogen) atoms. The second-order valence-corrected chi connectivity index (χ2v) is 6.40. The highest BCUT2D eigenvalue weighted by Crippen LogP contribution is 2.39. The largest absolute Gasteiger partial charge is 0.493 e. The van der Waals surface area contributed by atoms with E-state index >= 15 is 0 Å². The van der Waals surface area contributed by atoms with E-state index in [2.05, 4.69) is 27.4 Å². The molecule has 144 valence electrons. The van der Waals surface area contributed by atoms with Gasteiger partial charge in [-0.25, -0.2) is 0 Å². The summed E-state index contributed by atoms with van der Waals surface area (Å²) >= 11 is 6.36. The number of hydrogen-bond acceptors (Lipinski definition) is 7. The van der Waals surface area contributed by atoms with Crippen molar-refractivity contribution in [2.75, 3.05) is 40.4 Å². The molecule has 2 heterocycles. The molecule has 0 bridgehead atoms. The number of likely N-dealkylation sites (N-methyl/N-ethyl adjacent to an activating group) is 1. The van der Waals surface area contributed by atoms with Gasteiger partial charge in [-0.15, -0.1) is 12.4 Å². The summed E-state index contributed by atoms with van der Waals surface area (Å²) < 4.78 is 16.5. The molecular weight excluding hydrogens is 379 g/mol. The van der Waals surface area contributed by atoms with Crippen LogP contribution in [0.1, 0.15) is 25.2 Å². The van der Waals surface area contributed by atoms with Crippen LogP contribution in [0.2, 0.25) is 5.02 Å². The van der Waals surface area contributed by atoms with Crippen molar-refractivity contribution in [1.29, 1.82) is 0 Å². The van der Waals surface area contributed by atoms with Crippen molar-refractivity contribution in [3.05, 3.63) is 23.0 Å². The Bertz CT molecular complexity index is 726. The summed E-state index contributed by atoms with van der Waals surface area (Å²) in [5.74, 6) is 2.15. The number of methoxy groups -OCH3 is 1. The van der Waals surface area contributed by atoms with Crippen LogP contribution in [0.3, 0.4) is 0 Å². The van der Waals surface area contributed by atoms with Crippen molar-refractivity contribution in [1.82, 2.24) is 20.4 Å². The Labute approximate surface area is 164 Å². The highest BCUT2D eigenvalue weighted by Gasteiger charge is 2.26. The Morgan fingerprint density at radius 3 is 2.92 bits per heavy atom. The number of rotatable bonds is 6. The zero-order valence-corrected chi connectivity index (χ0v) is 16.7. The number of nitrogens with zero attached hydrogens (tertiary/aromatic N) is 3. The van der Waals surface area contributed by atoms with Gasteiger partial charge < -0.3 is 19.3 Å². The maximum absolute atomic E-state index is 6.36. The van der Waals surface area contributed by atoms with Crippen molar-refractivity contribution in [3.63, 3.8) is 0 Å². The van der Waals surface area contributed by atoms with Gasteiger partial charge in [0.15, 0.2) is 17.3 Å². The van der Waals surface area contributed by atoms with Crippen LogP contribution in [0.25, 0.3) is 11.5 Å². The lowest BCUT2D eigenvalue weighted by Crippen LogP contribution is -2.44. The normalized spacial score (nSPS) is 17.6. The first-order chi connectivity index (χ1) is 12.1. The van der Waals surface area contributed by atoms with Crippen LogP contribution in [-0.2, 0) is 0 Å². The quantitative estimate of drug-likeness (QED) is 0.794. The molecule has 1 aliphatic heterocycles. The second kappa shape index (κ2) is 9.41. The van der Waals surface area contributed by atoms with Gasteiger partial charge in [-0.3, -0.25) is 4.90 Å². The predicted octanol–water partition coefficient (Wildman–Crippen LogP) is 3.19. The van der Waals surface area contributed by atoms with E-state index in [1.807, 2.05) is 6.92 Å². The van der Waals surface area contributed by atoms with Crippen LogP contribution in [-0.4, -0.2) is 55.4 Å². The van der Waals surface area contributed by atoms with E-state index in [1.165, 1.54) is 0 Å². The van der Waals surface area contributed by atoms with Gasteiger partial charge in [0, 0.05) is 25.2 Å². The number of nitrogens with one attached hydrogen (secondary N) is 1. The minimum atomic E-state index is 0. The Hall–Kier alpha value is -1.54.